The summed E-state index contributed by atoms with van der Waals surface area (Å²) in [5.41, 5.74) is 8.52. The van der Waals surface area contributed by atoms with Crippen LogP contribution in [0.4, 0.5) is 11.6 Å². The fourth-order valence-electron chi connectivity index (χ4n) is 4.38. The minimum absolute atomic E-state index is 0.0158. The molecule has 1 aromatic heterocycles. The van der Waals surface area contributed by atoms with Gasteiger partial charge in [-0.15, -0.1) is 0 Å². The van der Waals surface area contributed by atoms with Crippen LogP contribution in [-0.2, 0) is 4.79 Å². The third-order valence-corrected chi connectivity index (χ3v) is 5.79. The molecule has 146 valence electrons. The normalized spacial score (nSPS) is 23.8. The number of hydrogen-bond acceptors (Lipinski definition) is 5. The molecule has 1 aliphatic heterocycles. The van der Waals surface area contributed by atoms with Gasteiger partial charge in [0.05, 0.1) is 6.04 Å². The van der Waals surface area contributed by atoms with E-state index in [2.05, 4.69) is 22.2 Å². The number of nitrogens with one attached hydrogen (secondary N) is 1. The maximum atomic E-state index is 12.6. The Kier molecular flexibility index (Phi) is 4.53. The van der Waals surface area contributed by atoms with Gasteiger partial charge in [-0.1, -0.05) is 6.92 Å². The highest BCUT2D eigenvalue weighted by Crippen LogP contribution is 2.50. The van der Waals surface area contributed by atoms with Gasteiger partial charge in [-0.25, -0.2) is 9.97 Å². The molecule has 3 atom stereocenters. The number of fused-ring (bicyclic) bond motifs is 1. The zero-order valence-electron chi connectivity index (χ0n) is 16.3. The number of primary amides is 1. The van der Waals surface area contributed by atoms with E-state index >= 15 is 0 Å². The Labute approximate surface area is 164 Å². The van der Waals surface area contributed by atoms with Crippen molar-refractivity contribution in [3.05, 3.63) is 47.3 Å². The first-order valence-corrected chi connectivity index (χ1v) is 9.66. The molecule has 4 rings (SSSR count). The molecular formula is C21H25N5O2. The van der Waals surface area contributed by atoms with E-state index in [1.165, 1.54) is 0 Å². The van der Waals surface area contributed by atoms with E-state index in [-0.39, 0.29) is 23.9 Å². The summed E-state index contributed by atoms with van der Waals surface area (Å²) in [6.07, 6.45) is 3.97. The predicted molar refractivity (Wildman–Crippen MR) is 107 cm³/mol. The fraction of sp³-hybridized carbons (Fsp3) is 0.429. The lowest BCUT2D eigenvalue weighted by Gasteiger charge is -2.45. The minimum Gasteiger partial charge on any atom is -0.366 e. The van der Waals surface area contributed by atoms with Gasteiger partial charge in [0, 0.05) is 42.0 Å². The molecule has 3 N–H and O–H groups in total. The SMILES string of the molecule is CC(=O)N1c2ccc(C(N)=O)cc2C(Nc2nccc(C)n2)C(C)C1C1CC1. The number of benzene rings is 1. The van der Waals surface area contributed by atoms with Crippen LogP contribution >= 0.6 is 0 Å². The Bertz CT molecular complexity index is 940. The molecule has 0 spiro atoms. The summed E-state index contributed by atoms with van der Waals surface area (Å²) in [4.78, 5) is 35.1. The Morgan fingerprint density at radius 2 is 2.00 bits per heavy atom. The average Bonchev–Trinajstić information content (AvgIpc) is 3.47. The van der Waals surface area contributed by atoms with E-state index in [4.69, 9.17) is 5.73 Å². The van der Waals surface area contributed by atoms with Gasteiger partial charge in [0.25, 0.3) is 0 Å². The molecule has 2 amide bonds. The van der Waals surface area contributed by atoms with Crippen molar-refractivity contribution in [2.24, 2.45) is 17.6 Å². The lowest BCUT2D eigenvalue weighted by atomic mass is 9.79. The monoisotopic (exact) mass is 379 g/mol. The number of amides is 2. The highest BCUT2D eigenvalue weighted by atomic mass is 16.2. The van der Waals surface area contributed by atoms with Gasteiger partial charge in [0.1, 0.15) is 0 Å². The summed E-state index contributed by atoms with van der Waals surface area (Å²) in [5.74, 6) is 0.682. The van der Waals surface area contributed by atoms with E-state index < -0.39 is 5.91 Å². The van der Waals surface area contributed by atoms with Crippen LogP contribution in [0.1, 0.15) is 54.3 Å². The summed E-state index contributed by atoms with van der Waals surface area (Å²) in [6.45, 7) is 5.67. The topological polar surface area (TPSA) is 101 Å². The van der Waals surface area contributed by atoms with Crippen LogP contribution in [0.5, 0.6) is 0 Å². The lowest BCUT2D eigenvalue weighted by Crippen LogP contribution is -2.51. The van der Waals surface area contributed by atoms with Gasteiger partial charge < -0.3 is 16.0 Å². The highest BCUT2D eigenvalue weighted by molar-refractivity contribution is 5.97. The molecule has 1 saturated carbocycles. The van der Waals surface area contributed by atoms with Gasteiger partial charge in [0.2, 0.25) is 17.8 Å². The Morgan fingerprint density at radius 1 is 1.25 bits per heavy atom. The second kappa shape index (κ2) is 6.89. The van der Waals surface area contributed by atoms with Gasteiger partial charge >= 0.3 is 0 Å². The van der Waals surface area contributed by atoms with Crippen molar-refractivity contribution in [1.29, 1.82) is 0 Å². The number of aromatic nitrogens is 2. The van der Waals surface area contributed by atoms with Crippen LogP contribution in [0.2, 0.25) is 0 Å². The van der Waals surface area contributed by atoms with Gasteiger partial charge in [-0.2, -0.15) is 0 Å². The molecular weight excluding hydrogens is 354 g/mol. The maximum Gasteiger partial charge on any atom is 0.248 e. The van der Waals surface area contributed by atoms with Gasteiger partial charge in [-0.3, -0.25) is 9.59 Å². The van der Waals surface area contributed by atoms with Crippen molar-refractivity contribution in [3.8, 4) is 0 Å². The van der Waals surface area contributed by atoms with Crippen LogP contribution in [0.3, 0.4) is 0 Å². The first-order valence-electron chi connectivity index (χ1n) is 9.66. The molecule has 0 radical (unpaired) electrons. The average molecular weight is 379 g/mol. The largest absolute Gasteiger partial charge is 0.366 e. The Morgan fingerprint density at radius 3 is 2.61 bits per heavy atom. The summed E-state index contributed by atoms with van der Waals surface area (Å²) in [6, 6.07) is 7.14. The van der Waals surface area contributed by atoms with Crippen molar-refractivity contribution >= 4 is 23.5 Å². The molecule has 1 aromatic carbocycles. The van der Waals surface area contributed by atoms with E-state index in [1.807, 2.05) is 24.0 Å². The Hall–Kier alpha value is -2.96. The highest BCUT2D eigenvalue weighted by Gasteiger charge is 2.47. The Balaban J connectivity index is 1.83. The smallest absolute Gasteiger partial charge is 0.248 e. The zero-order valence-corrected chi connectivity index (χ0v) is 16.3. The van der Waals surface area contributed by atoms with E-state index in [0.29, 0.717) is 17.4 Å². The predicted octanol–water partition coefficient (Wildman–Crippen LogP) is 2.82. The summed E-state index contributed by atoms with van der Waals surface area (Å²) in [7, 11) is 0. The lowest BCUT2D eigenvalue weighted by molar-refractivity contribution is -0.117. The quantitative estimate of drug-likeness (QED) is 0.851. The van der Waals surface area contributed by atoms with Crippen LogP contribution in [-0.4, -0.2) is 27.8 Å². The standard InChI is InChI=1S/C21H25N5O2/c1-11-8-9-23-21(24-11)25-18-12(2)19(14-4-5-14)26(13(3)27)17-7-6-15(20(22)28)10-16(17)18/h6-10,12,14,18-19H,4-5H2,1-3H3,(H2,22,28)(H,23,24,25). The number of hydrogen-bond donors (Lipinski definition) is 2. The second-order valence-corrected chi connectivity index (χ2v) is 7.86. The second-order valence-electron chi connectivity index (χ2n) is 7.86. The number of nitrogens with two attached hydrogens (primary N) is 1. The molecule has 1 fully saturated rings. The fourth-order valence-corrected chi connectivity index (χ4v) is 4.38. The van der Waals surface area contributed by atoms with Crippen LogP contribution in [0, 0.1) is 18.8 Å². The first-order chi connectivity index (χ1) is 13.4. The summed E-state index contributed by atoms with van der Waals surface area (Å²) < 4.78 is 0. The number of aryl methyl sites for hydroxylation is 1. The van der Waals surface area contributed by atoms with Crippen LogP contribution < -0.4 is 16.0 Å². The van der Waals surface area contributed by atoms with Crippen LogP contribution in [0.15, 0.2) is 30.5 Å². The molecule has 2 aliphatic rings. The molecule has 2 heterocycles. The van der Waals surface area contributed by atoms with E-state index in [1.54, 1.807) is 25.3 Å². The molecule has 1 aliphatic carbocycles. The van der Waals surface area contributed by atoms with Gasteiger partial charge in [-0.05, 0) is 55.5 Å². The van der Waals surface area contributed by atoms with E-state index in [9.17, 15) is 9.59 Å². The maximum absolute atomic E-state index is 12.6. The molecule has 7 heteroatoms. The summed E-state index contributed by atoms with van der Waals surface area (Å²) >= 11 is 0. The van der Waals surface area contributed by atoms with Gasteiger partial charge in [0.15, 0.2) is 0 Å². The van der Waals surface area contributed by atoms with Crippen molar-refractivity contribution in [2.45, 2.75) is 45.7 Å². The first kappa shape index (κ1) is 18.4. The van der Waals surface area contributed by atoms with E-state index in [0.717, 1.165) is 29.8 Å². The molecule has 2 aromatic rings. The van der Waals surface area contributed by atoms with Crippen molar-refractivity contribution in [3.63, 3.8) is 0 Å². The number of rotatable bonds is 4. The number of anilines is 2. The number of carbonyl (C=O) groups is 2. The molecule has 0 bridgehead atoms. The molecule has 3 unspecified atom stereocenters. The number of nitrogens with zero attached hydrogens (tertiary/aromatic N) is 3. The van der Waals surface area contributed by atoms with Crippen molar-refractivity contribution in [2.75, 3.05) is 10.2 Å². The third kappa shape index (κ3) is 3.21. The van der Waals surface area contributed by atoms with Crippen molar-refractivity contribution in [1.82, 2.24) is 9.97 Å². The zero-order chi connectivity index (χ0) is 20.0. The molecule has 7 nitrogen and oxygen atoms in total. The van der Waals surface area contributed by atoms with Crippen molar-refractivity contribution < 1.29 is 9.59 Å². The summed E-state index contributed by atoms with van der Waals surface area (Å²) in [5, 5.41) is 3.45. The number of carbonyl (C=O) groups excluding carboxylic acids is 2. The minimum atomic E-state index is -0.486. The van der Waals surface area contributed by atoms with Crippen LogP contribution in [0.25, 0.3) is 0 Å². The molecule has 28 heavy (non-hydrogen) atoms. The molecule has 0 saturated heterocycles. The third-order valence-electron chi connectivity index (χ3n) is 5.79.